The highest BCUT2D eigenvalue weighted by molar-refractivity contribution is 5.74. The Morgan fingerprint density at radius 2 is 1.87 bits per heavy atom. The van der Waals surface area contributed by atoms with Crippen LogP contribution in [0.5, 0.6) is 5.75 Å². The number of alkyl halides is 6. The minimum atomic E-state index is -5.25. The molecule has 0 saturated carbocycles. The molecule has 0 aromatic carbocycles. The standard InChI is InChI=1S/C12H12F6N2O3/c1-2-22-9(21)3-6-8(23-12(16,17)18)5-20-7(4-19)10(6)11(13,14)15/h5H,2-4,19H2,1H3. The highest BCUT2D eigenvalue weighted by Gasteiger charge is 2.41. The molecule has 5 nitrogen and oxygen atoms in total. The number of carbonyl (C=O) groups is 1. The van der Waals surface area contributed by atoms with Gasteiger partial charge >= 0.3 is 18.5 Å². The Labute approximate surface area is 126 Å². The number of nitrogens with zero attached hydrogens (tertiary/aromatic N) is 1. The first-order chi connectivity index (χ1) is 10.5. The number of halogens is 6. The molecule has 0 aliphatic rings. The van der Waals surface area contributed by atoms with Gasteiger partial charge in [0.2, 0.25) is 0 Å². The molecule has 0 bridgehead atoms. The molecule has 1 aromatic heterocycles. The van der Waals surface area contributed by atoms with Crippen LogP contribution in [0.3, 0.4) is 0 Å². The molecule has 2 N–H and O–H groups in total. The van der Waals surface area contributed by atoms with Crippen LogP contribution in [-0.2, 0) is 28.7 Å². The van der Waals surface area contributed by atoms with Gasteiger partial charge in [0.15, 0.2) is 5.75 Å². The Kier molecular flexibility index (Phi) is 5.81. The first kappa shape index (κ1) is 19.0. The predicted molar refractivity (Wildman–Crippen MR) is 64.2 cm³/mol. The maximum Gasteiger partial charge on any atom is 0.573 e. The van der Waals surface area contributed by atoms with Gasteiger partial charge in [-0.15, -0.1) is 13.2 Å². The lowest BCUT2D eigenvalue weighted by atomic mass is 10.0. The van der Waals surface area contributed by atoms with Crippen molar-refractivity contribution in [1.29, 1.82) is 0 Å². The van der Waals surface area contributed by atoms with Crippen molar-refractivity contribution in [1.82, 2.24) is 4.98 Å². The molecule has 11 heteroatoms. The second-order valence-corrected chi connectivity index (χ2v) is 4.15. The molecule has 130 valence electrons. The number of aromatic nitrogens is 1. The van der Waals surface area contributed by atoms with Gasteiger partial charge in [0.05, 0.1) is 30.5 Å². The Hall–Kier alpha value is -2.04. The average Bonchev–Trinajstić information content (AvgIpc) is 2.37. The summed E-state index contributed by atoms with van der Waals surface area (Å²) in [6.07, 6.45) is -10.9. The number of esters is 1. The first-order valence-electron chi connectivity index (χ1n) is 6.19. The SMILES string of the molecule is CCOC(=O)Cc1c(OC(F)(F)F)cnc(CN)c1C(F)(F)F. The van der Waals surface area contributed by atoms with E-state index in [1.165, 1.54) is 6.92 Å². The van der Waals surface area contributed by atoms with Crippen molar-refractivity contribution in [3.05, 3.63) is 23.0 Å². The molecule has 23 heavy (non-hydrogen) atoms. The molecule has 1 aromatic rings. The summed E-state index contributed by atoms with van der Waals surface area (Å²) >= 11 is 0. The van der Waals surface area contributed by atoms with Crippen LogP contribution >= 0.6 is 0 Å². The molecule has 0 aliphatic carbocycles. The van der Waals surface area contributed by atoms with Gasteiger partial charge in [-0.3, -0.25) is 9.78 Å². The summed E-state index contributed by atoms with van der Waals surface area (Å²) in [5, 5.41) is 0. The zero-order valence-corrected chi connectivity index (χ0v) is 11.7. The molecule has 1 heterocycles. The molecule has 0 amide bonds. The van der Waals surface area contributed by atoms with Crippen LogP contribution in [0.2, 0.25) is 0 Å². The number of rotatable bonds is 5. The van der Waals surface area contributed by atoms with Gasteiger partial charge in [-0.05, 0) is 6.92 Å². The number of ether oxygens (including phenoxy) is 2. The number of nitrogens with two attached hydrogens (primary N) is 1. The van der Waals surface area contributed by atoms with Crippen LogP contribution in [0.25, 0.3) is 0 Å². The van der Waals surface area contributed by atoms with Gasteiger partial charge in [-0.25, -0.2) is 0 Å². The molecule has 0 atom stereocenters. The monoisotopic (exact) mass is 346 g/mol. The van der Waals surface area contributed by atoms with Crippen molar-refractivity contribution in [2.45, 2.75) is 32.4 Å². The Bertz CT molecular complexity index is 571. The van der Waals surface area contributed by atoms with Crippen molar-refractivity contribution in [2.75, 3.05) is 6.61 Å². The van der Waals surface area contributed by atoms with Crippen LogP contribution in [0.4, 0.5) is 26.3 Å². The summed E-state index contributed by atoms with van der Waals surface area (Å²) in [4.78, 5) is 14.7. The molecular formula is C12H12F6N2O3. The van der Waals surface area contributed by atoms with Crippen molar-refractivity contribution in [3.8, 4) is 5.75 Å². The third-order valence-corrected chi connectivity index (χ3v) is 2.55. The second kappa shape index (κ2) is 7.02. The van der Waals surface area contributed by atoms with Gasteiger partial charge in [-0.1, -0.05) is 0 Å². The van der Waals surface area contributed by atoms with E-state index in [4.69, 9.17) is 5.73 Å². The summed E-state index contributed by atoms with van der Waals surface area (Å²) in [5.41, 5.74) is 1.88. The topological polar surface area (TPSA) is 74.4 Å². The highest BCUT2D eigenvalue weighted by Crippen LogP contribution is 2.39. The van der Waals surface area contributed by atoms with E-state index in [1.54, 1.807) is 0 Å². The maximum atomic E-state index is 13.2. The molecule has 0 unspecified atom stereocenters. The lowest BCUT2D eigenvalue weighted by molar-refractivity contribution is -0.275. The fourth-order valence-electron chi connectivity index (χ4n) is 1.81. The van der Waals surface area contributed by atoms with Crippen LogP contribution in [0.1, 0.15) is 23.7 Å². The zero-order valence-electron chi connectivity index (χ0n) is 11.7. The van der Waals surface area contributed by atoms with E-state index < -0.39 is 54.0 Å². The second-order valence-electron chi connectivity index (χ2n) is 4.15. The van der Waals surface area contributed by atoms with E-state index >= 15 is 0 Å². The predicted octanol–water partition coefficient (Wildman–Crippen LogP) is 2.56. The smallest absolute Gasteiger partial charge is 0.466 e. The van der Waals surface area contributed by atoms with Crippen LogP contribution in [0, 0.1) is 0 Å². The van der Waals surface area contributed by atoms with E-state index in [1.807, 2.05) is 0 Å². The summed E-state index contributed by atoms with van der Waals surface area (Å²) in [6, 6.07) is 0. The van der Waals surface area contributed by atoms with E-state index in [0.717, 1.165) is 0 Å². The fraction of sp³-hybridized carbons (Fsp3) is 0.500. The normalized spacial score (nSPS) is 12.2. The minimum absolute atomic E-state index is 0.148. The summed E-state index contributed by atoms with van der Waals surface area (Å²) < 4.78 is 84.5. The molecule has 0 saturated heterocycles. The van der Waals surface area contributed by atoms with E-state index in [9.17, 15) is 31.1 Å². The average molecular weight is 346 g/mol. The number of hydrogen-bond acceptors (Lipinski definition) is 5. The van der Waals surface area contributed by atoms with Gasteiger partial charge < -0.3 is 15.2 Å². The molecule has 0 fully saturated rings. The number of pyridine rings is 1. The zero-order chi connectivity index (χ0) is 17.8. The Morgan fingerprint density at radius 1 is 1.26 bits per heavy atom. The Morgan fingerprint density at radius 3 is 2.30 bits per heavy atom. The van der Waals surface area contributed by atoms with Crippen molar-refractivity contribution in [2.24, 2.45) is 5.73 Å². The molecule has 1 rings (SSSR count). The van der Waals surface area contributed by atoms with Gasteiger partial charge in [0.1, 0.15) is 0 Å². The summed E-state index contributed by atoms with van der Waals surface area (Å²) in [7, 11) is 0. The quantitative estimate of drug-likeness (QED) is 0.655. The molecule has 0 aliphatic heterocycles. The van der Waals surface area contributed by atoms with E-state index in [-0.39, 0.29) is 6.61 Å². The highest BCUT2D eigenvalue weighted by atomic mass is 19.4. The fourth-order valence-corrected chi connectivity index (χ4v) is 1.81. The van der Waals surface area contributed by atoms with Crippen LogP contribution in [-0.4, -0.2) is 23.9 Å². The largest absolute Gasteiger partial charge is 0.573 e. The van der Waals surface area contributed by atoms with Crippen LogP contribution < -0.4 is 10.5 Å². The first-order valence-corrected chi connectivity index (χ1v) is 6.19. The third kappa shape index (κ3) is 5.27. The van der Waals surface area contributed by atoms with Crippen LogP contribution in [0.15, 0.2) is 6.20 Å². The van der Waals surface area contributed by atoms with Gasteiger partial charge in [0.25, 0.3) is 0 Å². The van der Waals surface area contributed by atoms with Gasteiger partial charge in [0, 0.05) is 12.1 Å². The molecule has 0 radical (unpaired) electrons. The maximum absolute atomic E-state index is 13.2. The van der Waals surface area contributed by atoms with E-state index in [2.05, 4.69) is 14.5 Å². The molecule has 0 spiro atoms. The van der Waals surface area contributed by atoms with E-state index in [0.29, 0.717) is 6.20 Å². The van der Waals surface area contributed by atoms with Crippen molar-refractivity contribution >= 4 is 5.97 Å². The Balaban J connectivity index is 3.49. The molecular weight excluding hydrogens is 334 g/mol. The summed E-state index contributed by atoms with van der Waals surface area (Å²) in [6.45, 7) is 0.564. The number of hydrogen-bond donors (Lipinski definition) is 1. The van der Waals surface area contributed by atoms with Crippen molar-refractivity contribution < 1.29 is 40.6 Å². The minimum Gasteiger partial charge on any atom is -0.466 e. The van der Waals surface area contributed by atoms with Gasteiger partial charge in [-0.2, -0.15) is 13.2 Å². The summed E-state index contributed by atoms with van der Waals surface area (Å²) in [5.74, 6) is -2.37. The lowest BCUT2D eigenvalue weighted by Crippen LogP contribution is -2.24. The van der Waals surface area contributed by atoms with Crippen molar-refractivity contribution in [3.63, 3.8) is 0 Å². The lowest BCUT2D eigenvalue weighted by Gasteiger charge is -2.19. The third-order valence-electron chi connectivity index (χ3n) is 2.55. The number of carbonyl (C=O) groups excluding carboxylic acids is 1.